The number of carbonyl (C=O) groups excluding carboxylic acids is 2. The molecule has 0 saturated heterocycles. The van der Waals surface area contributed by atoms with Crippen molar-refractivity contribution in [2.24, 2.45) is 0 Å². The van der Waals surface area contributed by atoms with E-state index in [9.17, 15) is 27.9 Å². The predicted octanol–water partition coefficient (Wildman–Crippen LogP) is 6.61. The lowest BCUT2D eigenvalue weighted by molar-refractivity contribution is -0.155. The minimum atomic E-state index is -4.70. The molecule has 2 atom stereocenters. The van der Waals surface area contributed by atoms with Crippen LogP contribution in [0.5, 0.6) is 0 Å². The van der Waals surface area contributed by atoms with E-state index in [1.54, 1.807) is 24.4 Å². The van der Waals surface area contributed by atoms with Gasteiger partial charge in [0.1, 0.15) is 11.1 Å². The summed E-state index contributed by atoms with van der Waals surface area (Å²) in [6.07, 6.45) is -5.54. The van der Waals surface area contributed by atoms with Crippen molar-refractivity contribution in [3.05, 3.63) is 85.8 Å². The molecule has 13 heteroatoms. The molecule has 0 bridgehead atoms. The molecular formula is C26H22BrF3N4O3S2. The molecule has 2 aromatic heterocycles. The van der Waals surface area contributed by atoms with Gasteiger partial charge < -0.3 is 15.7 Å². The predicted molar refractivity (Wildman–Crippen MR) is 148 cm³/mol. The number of alkyl halides is 3. The number of nitrogens with zero attached hydrogens (tertiary/aromatic N) is 2. The van der Waals surface area contributed by atoms with Crippen LogP contribution in [0.3, 0.4) is 0 Å². The molecule has 0 radical (unpaired) electrons. The van der Waals surface area contributed by atoms with E-state index in [1.807, 2.05) is 6.92 Å². The highest BCUT2D eigenvalue weighted by atomic mass is 79.9. The average Bonchev–Trinajstić information content (AvgIpc) is 3.48. The smallest absolute Gasteiger partial charge is 0.386 e. The molecule has 39 heavy (non-hydrogen) atoms. The maximum Gasteiger partial charge on any atom is 0.412 e. The Bertz CT molecular complexity index is 1490. The Kier molecular flexibility index (Phi) is 8.84. The fourth-order valence-corrected chi connectivity index (χ4v) is 6.01. The van der Waals surface area contributed by atoms with Crippen LogP contribution in [0.25, 0.3) is 10.6 Å². The molecule has 0 spiro atoms. The minimum absolute atomic E-state index is 0.0246. The van der Waals surface area contributed by atoms with Crippen molar-refractivity contribution in [2.45, 2.75) is 38.6 Å². The van der Waals surface area contributed by atoms with Gasteiger partial charge in [0, 0.05) is 15.4 Å². The topological polar surface area (TPSA) is 104 Å². The quantitative estimate of drug-likeness (QED) is 0.202. The molecule has 0 aliphatic heterocycles. The molecule has 0 aliphatic carbocycles. The molecule has 0 unspecified atom stereocenters. The van der Waals surface area contributed by atoms with Crippen molar-refractivity contribution in [2.75, 3.05) is 5.32 Å². The fourth-order valence-electron chi connectivity index (χ4n) is 3.72. The molecule has 3 N–H and O–H groups in total. The summed E-state index contributed by atoms with van der Waals surface area (Å²) < 4.78 is 41.5. The number of thiazole rings is 2. The third-order valence-corrected chi connectivity index (χ3v) is 8.04. The van der Waals surface area contributed by atoms with Crippen molar-refractivity contribution in [1.82, 2.24) is 15.3 Å². The maximum atomic E-state index is 13.7. The van der Waals surface area contributed by atoms with E-state index in [2.05, 4.69) is 36.5 Å². The summed E-state index contributed by atoms with van der Waals surface area (Å²) in [5.74, 6) is -1.34. The van der Waals surface area contributed by atoms with Crippen LogP contribution in [0.2, 0.25) is 0 Å². The van der Waals surface area contributed by atoms with Crippen LogP contribution in [-0.2, 0) is 11.2 Å². The van der Waals surface area contributed by atoms with Gasteiger partial charge in [-0.15, -0.1) is 22.7 Å². The highest BCUT2D eigenvalue weighted by molar-refractivity contribution is 9.10. The Labute approximate surface area is 238 Å². The van der Waals surface area contributed by atoms with Gasteiger partial charge in [-0.3, -0.25) is 9.59 Å². The maximum absolute atomic E-state index is 13.7. The second-order valence-corrected chi connectivity index (χ2v) is 11.4. The van der Waals surface area contributed by atoms with E-state index >= 15 is 0 Å². The molecule has 0 saturated carbocycles. The Morgan fingerprint density at radius 2 is 1.85 bits per heavy atom. The van der Waals surface area contributed by atoms with Crippen LogP contribution in [0.15, 0.2) is 58.4 Å². The summed E-state index contributed by atoms with van der Waals surface area (Å²) in [5, 5.41) is 17.2. The van der Waals surface area contributed by atoms with Crippen LogP contribution in [0, 0.1) is 6.92 Å². The number of rotatable bonds is 8. The molecule has 4 aromatic rings. The number of amides is 2. The Hall–Kier alpha value is -3.13. The van der Waals surface area contributed by atoms with E-state index in [4.69, 9.17) is 0 Å². The van der Waals surface area contributed by atoms with Gasteiger partial charge in [0.15, 0.2) is 11.2 Å². The lowest BCUT2D eigenvalue weighted by atomic mass is 10.0. The van der Waals surface area contributed by atoms with Gasteiger partial charge >= 0.3 is 6.18 Å². The first-order valence-corrected chi connectivity index (χ1v) is 14.0. The van der Waals surface area contributed by atoms with E-state index in [-0.39, 0.29) is 17.5 Å². The first-order chi connectivity index (χ1) is 18.4. The first kappa shape index (κ1) is 28.9. The van der Waals surface area contributed by atoms with Gasteiger partial charge in [0.25, 0.3) is 5.91 Å². The van der Waals surface area contributed by atoms with E-state index in [1.165, 1.54) is 59.1 Å². The second-order valence-electron chi connectivity index (χ2n) is 8.61. The summed E-state index contributed by atoms with van der Waals surface area (Å²) in [6, 6.07) is 9.30. The lowest BCUT2D eigenvalue weighted by Crippen LogP contribution is -2.38. The van der Waals surface area contributed by atoms with Gasteiger partial charge in [0.2, 0.25) is 5.91 Å². The number of aromatic nitrogens is 2. The first-order valence-electron chi connectivity index (χ1n) is 11.5. The van der Waals surface area contributed by atoms with Crippen molar-refractivity contribution in [1.29, 1.82) is 0 Å². The van der Waals surface area contributed by atoms with Gasteiger partial charge in [-0.1, -0.05) is 46.3 Å². The number of carbonyl (C=O) groups is 2. The van der Waals surface area contributed by atoms with Crippen molar-refractivity contribution < 1.29 is 27.9 Å². The van der Waals surface area contributed by atoms with Crippen LogP contribution >= 0.6 is 38.6 Å². The number of aryl methyl sites for hydroxylation is 1. The number of nitrogens with one attached hydrogen (secondary N) is 2. The van der Waals surface area contributed by atoms with E-state index in [0.29, 0.717) is 25.9 Å². The second kappa shape index (κ2) is 11.9. The summed E-state index contributed by atoms with van der Waals surface area (Å²) >= 11 is 5.81. The largest absolute Gasteiger partial charge is 0.412 e. The number of halogens is 4. The molecule has 204 valence electrons. The molecule has 0 aliphatic rings. The SMILES string of the molecule is Cc1nc([C@H](C)O)sc1-c1csc(NC(=O)Cc2cc(Br)cc(C(=O)N[C@H](c3ccccc3)C(F)(F)F)c2)n1. The summed E-state index contributed by atoms with van der Waals surface area (Å²) in [7, 11) is 0. The zero-order valence-corrected chi connectivity index (χ0v) is 23.8. The Balaban J connectivity index is 1.45. The Morgan fingerprint density at radius 3 is 2.49 bits per heavy atom. The molecular weight excluding hydrogens is 617 g/mol. The van der Waals surface area contributed by atoms with E-state index in [0.717, 1.165) is 10.6 Å². The van der Waals surface area contributed by atoms with Gasteiger partial charge in [0.05, 0.1) is 22.7 Å². The highest BCUT2D eigenvalue weighted by Gasteiger charge is 2.42. The van der Waals surface area contributed by atoms with Crippen molar-refractivity contribution in [3.63, 3.8) is 0 Å². The zero-order chi connectivity index (χ0) is 28.3. The average molecular weight is 640 g/mol. The number of hydrogen-bond acceptors (Lipinski definition) is 7. The van der Waals surface area contributed by atoms with Gasteiger partial charge in [-0.05, 0) is 43.2 Å². The number of benzene rings is 2. The number of aliphatic hydroxyl groups is 1. The monoisotopic (exact) mass is 638 g/mol. The molecule has 2 amide bonds. The van der Waals surface area contributed by atoms with Gasteiger partial charge in [-0.25, -0.2) is 9.97 Å². The van der Waals surface area contributed by atoms with Gasteiger partial charge in [-0.2, -0.15) is 13.2 Å². The Morgan fingerprint density at radius 1 is 1.13 bits per heavy atom. The molecule has 7 nitrogen and oxygen atoms in total. The van der Waals surface area contributed by atoms with Crippen LogP contribution in [0.1, 0.15) is 51.3 Å². The number of anilines is 1. The third-order valence-electron chi connectivity index (χ3n) is 5.47. The van der Waals surface area contributed by atoms with Crippen LogP contribution in [-0.4, -0.2) is 33.1 Å². The summed E-state index contributed by atoms with van der Waals surface area (Å²) in [6.45, 7) is 3.44. The van der Waals surface area contributed by atoms with E-state index < -0.39 is 30.1 Å². The summed E-state index contributed by atoms with van der Waals surface area (Å²) in [5.41, 5.74) is 1.65. The zero-order valence-electron chi connectivity index (χ0n) is 20.5. The fraction of sp³-hybridized carbons (Fsp3) is 0.231. The normalized spacial score (nSPS) is 13.1. The lowest BCUT2D eigenvalue weighted by Gasteiger charge is -2.22. The molecule has 0 fully saturated rings. The van der Waals surface area contributed by atoms with Crippen molar-refractivity contribution in [3.8, 4) is 10.6 Å². The number of aliphatic hydroxyl groups excluding tert-OH is 1. The van der Waals surface area contributed by atoms with Crippen molar-refractivity contribution >= 4 is 55.5 Å². The van der Waals surface area contributed by atoms with Crippen LogP contribution in [0.4, 0.5) is 18.3 Å². The molecule has 2 heterocycles. The number of hydrogen-bond donors (Lipinski definition) is 3. The summed E-state index contributed by atoms with van der Waals surface area (Å²) in [4.78, 5) is 35.1. The minimum Gasteiger partial charge on any atom is -0.386 e. The standard InChI is InChI=1S/C26H22BrF3N4O3S2/c1-13-21(39-24(31-13)14(2)35)19-12-38-25(32-19)33-20(36)10-15-8-17(11-18(27)9-15)23(37)34-22(26(28,29)30)16-6-4-3-5-7-16/h3-9,11-12,14,22,35H,10H2,1-2H3,(H,34,37)(H,32,33,36)/t14-,22+/m0/s1. The van der Waals surface area contributed by atoms with Crippen LogP contribution < -0.4 is 10.6 Å². The third kappa shape index (κ3) is 7.29. The molecule has 2 aromatic carbocycles. The molecule has 4 rings (SSSR count). The highest BCUT2D eigenvalue weighted by Crippen LogP contribution is 2.35.